The second-order valence-electron chi connectivity index (χ2n) is 19.1. The molecule has 478 valence electrons. The van der Waals surface area contributed by atoms with Crippen molar-refractivity contribution in [3.8, 4) is 11.1 Å². The summed E-state index contributed by atoms with van der Waals surface area (Å²) in [5.74, 6) is 0. The van der Waals surface area contributed by atoms with Crippen molar-refractivity contribution in [3.05, 3.63) is 252 Å². The van der Waals surface area contributed by atoms with E-state index in [1.807, 2.05) is 223 Å². The number of aromatic nitrogens is 8. The van der Waals surface area contributed by atoms with E-state index in [1.165, 1.54) is 87.2 Å². The molecule has 8 heteroatoms. The Morgan fingerprint density at radius 1 is 0.311 bits per heavy atom. The maximum atomic E-state index is 4.28. The van der Waals surface area contributed by atoms with Gasteiger partial charge in [0.05, 0.1) is 33.1 Å². The highest BCUT2D eigenvalue weighted by Gasteiger charge is 2.43. The van der Waals surface area contributed by atoms with Crippen molar-refractivity contribution < 1.29 is 0 Å². The molecule has 0 radical (unpaired) electrons. The van der Waals surface area contributed by atoms with Gasteiger partial charge in [0.1, 0.15) is 6.33 Å². The smallest absolute Gasteiger partial charge is 0.116 e. The van der Waals surface area contributed by atoms with Crippen LogP contribution in [0, 0.1) is 41.5 Å². The van der Waals surface area contributed by atoms with Gasteiger partial charge >= 0.3 is 0 Å². The molecule has 0 amide bonds. The molecular formula is C82H110N8. The summed E-state index contributed by atoms with van der Waals surface area (Å²) in [6.45, 7) is 44.5. The zero-order valence-electron chi connectivity index (χ0n) is 59.2. The highest BCUT2D eigenvalue weighted by atomic mass is 14.8. The van der Waals surface area contributed by atoms with Gasteiger partial charge in [0.25, 0.3) is 0 Å². The topological polar surface area (TPSA) is 103 Å². The van der Waals surface area contributed by atoms with Gasteiger partial charge in [-0.25, -0.2) is 9.97 Å². The first-order valence-corrected chi connectivity index (χ1v) is 33.5. The number of aryl methyl sites for hydroxylation is 6. The monoisotopic (exact) mass is 1210 g/mol. The Labute approximate surface area is 544 Å². The summed E-state index contributed by atoms with van der Waals surface area (Å²) in [6.07, 6.45) is 20.8. The van der Waals surface area contributed by atoms with Gasteiger partial charge < -0.3 is 0 Å². The molecule has 1 saturated carbocycles. The number of benzene rings is 7. The molecule has 2 aliphatic carbocycles. The Balaban J connectivity index is 0.000000522. The fourth-order valence-electron chi connectivity index (χ4n) is 10.2. The van der Waals surface area contributed by atoms with E-state index in [-0.39, 0.29) is 0 Å². The number of rotatable bonds is 0. The summed E-state index contributed by atoms with van der Waals surface area (Å²) in [6, 6.07) is 54.7. The van der Waals surface area contributed by atoms with Gasteiger partial charge in [0.2, 0.25) is 0 Å². The van der Waals surface area contributed by atoms with Crippen LogP contribution < -0.4 is 0 Å². The van der Waals surface area contributed by atoms with Crippen LogP contribution >= 0.6 is 0 Å². The van der Waals surface area contributed by atoms with Crippen molar-refractivity contribution in [2.45, 2.75) is 190 Å². The Morgan fingerprint density at radius 2 is 0.822 bits per heavy atom. The standard InChI is InChI=1S/C19H20.2C10H9N.3C9H8N2.8C2H6/c1-14-9-10-16-15-7-3-4-8-17(15)19(18(16)13-14)11-5-2-6-12-19;1-8-4-2-5-9-6-3-7-11-10(8)9;1-8-3-2-4-9-7-11-6-5-10(8)9;1-7-2-3-8-9(6-7)11-5-4-10-8;1-7-3-2-4-8-9(7)11-6-5-10-8;1-7-8-4-2-3-5-9(8)11-6-10-7;8*1-2/h3-4,7-10,13H,2,5-6,11-12H2,1H3;2*2-7H,1H3;3*2-6H,1H3;8*1-2H3. The van der Waals surface area contributed by atoms with Crippen LogP contribution in [0.25, 0.3) is 65.8 Å². The molecule has 5 aromatic heterocycles. The lowest BCUT2D eigenvalue weighted by molar-refractivity contribution is 0.352. The third-order valence-electron chi connectivity index (χ3n) is 13.9. The van der Waals surface area contributed by atoms with Crippen molar-refractivity contribution in [2.24, 2.45) is 0 Å². The van der Waals surface area contributed by atoms with Crippen molar-refractivity contribution in [1.29, 1.82) is 0 Å². The maximum absolute atomic E-state index is 4.28. The van der Waals surface area contributed by atoms with E-state index in [1.54, 1.807) is 42.2 Å². The predicted molar refractivity (Wildman–Crippen MR) is 397 cm³/mol. The number of hydrogen-bond acceptors (Lipinski definition) is 8. The van der Waals surface area contributed by atoms with Crippen molar-refractivity contribution in [1.82, 2.24) is 39.9 Å². The Morgan fingerprint density at radius 3 is 1.47 bits per heavy atom. The van der Waals surface area contributed by atoms with Crippen molar-refractivity contribution in [2.75, 3.05) is 0 Å². The molecule has 7 aromatic carbocycles. The van der Waals surface area contributed by atoms with Crippen LogP contribution in [-0.2, 0) is 5.41 Å². The Hall–Kier alpha value is -8.62. The normalized spacial score (nSPS) is 10.9. The number of hydrogen-bond donors (Lipinski definition) is 0. The van der Waals surface area contributed by atoms with Crippen LogP contribution in [0.2, 0.25) is 0 Å². The van der Waals surface area contributed by atoms with Gasteiger partial charge in [-0.2, -0.15) is 0 Å². The predicted octanol–water partition coefficient (Wildman–Crippen LogP) is 24.3. The SMILES string of the molecule is CC.CC.CC.CC.CC.CC.CC.CC.Cc1ccc2c(c1)C1(CCCCC1)c1ccccc1-2.Cc1ccc2nccnc2c1.Cc1cccc2cccnc12.Cc1cccc2cnccc12.Cc1cccc2nccnc12.Cc1ncnc2ccccc12. The second kappa shape index (κ2) is 46.5. The van der Waals surface area contributed by atoms with Gasteiger partial charge in [-0.15, -0.1) is 0 Å². The maximum Gasteiger partial charge on any atom is 0.116 e. The fourth-order valence-corrected chi connectivity index (χ4v) is 10.2. The average Bonchev–Trinajstić information content (AvgIpc) is 1.79. The van der Waals surface area contributed by atoms with E-state index in [9.17, 15) is 0 Å². The van der Waals surface area contributed by atoms with Gasteiger partial charge in [0.15, 0.2) is 0 Å². The summed E-state index contributed by atoms with van der Waals surface area (Å²) < 4.78 is 0. The lowest BCUT2D eigenvalue weighted by Crippen LogP contribution is -2.28. The molecule has 1 fully saturated rings. The lowest BCUT2D eigenvalue weighted by Gasteiger charge is -2.36. The Kier molecular flexibility index (Phi) is 41.0. The zero-order chi connectivity index (χ0) is 67.3. The summed E-state index contributed by atoms with van der Waals surface area (Å²) in [7, 11) is 0. The van der Waals surface area contributed by atoms with Crippen LogP contribution in [0.15, 0.2) is 207 Å². The quantitative estimate of drug-likeness (QED) is 0.148. The van der Waals surface area contributed by atoms with Crippen LogP contribution in [0.3, 0.4) is 0 Å². The van der Waals surface area contributed by atoms with Crippen molar-refractivity contribution in [3.63, 3.8) is 0 Å². The van der Waals surface area contributed by atoms with Crippen LogP contribution in [0.4, 0.5) is 0 Å². The molecule has 5 heterocycles. The van der Waals surface area contributed by atoms with E-state index in [4.69, 9.17) is 0 Å². The average molecular weight is 1210 g/mol. The largest absolute Gasteiger partial charge is 0.264 e. The van der Waals surface area contributed by atoms with Crippen LogP contribution in [0.5, 0.6) is 0 Å². The number of nitrogens with zero attached hydrogens (tertiary/aromatic N) is 8. The molecule has 2 aliphatic rings. The fraction of sp³-hybridized carbons (Fsp3) is 0.341. The summed E-state index contributed by atoms with van der Waals surface area (Å²) in [5, 5.41) is 4.86. The molecule has 0 aliphatic heterocycles. The first-order valence-electron chi connectivity index (χ1n) is 33.5. The highest BCUT2D eigenvalue weighted by molar-refractivity contribution is 5.85. The lowest BCUT2D eigenvalue weighted by atomic mass is 9.68. The van der Waals surface area contributed by atoms with E-state index < -0.39 is 0 Å². The second-order valence-corrected chi connectivity index (χ2v) is 19.1. The van der Waals surface area contributed by atoms with E-state index in [2.05, 4.69) is 146 Å². The van der Waals surface area contributed by atoms with E-state index >= 15 is 0 Å². The molecule has 0 unspecified atom stereocenters. The molecule has 12 aromatic rings. The minimum absolute atomic E-state index is 0.330. The molecule has 14 rings (SSSR count). The summed E-state index contributed by atoms with van der Waals surface area (Å²) in [5.41, 5.74) is 19.9. The van der Waals surface area contributed by atoms with Gasteiger partial charge in [-0.1, -0.05) is 257 Å². The van der Waals surface area contributed by atoms with E-state index in [0.29, 0.717) is 5.41 Å². The number of para-hydroxylation sites is 3. The van der Waals surface area contributed by atoms with Gasteiger partial charge in [0, 0.05) is 70.6 Å². The molecule has 8 nitrogen and oxygen atoms in total. The molecule has 1 spiro atoms. The summed E-state index contributed by atoms with van der Waals surface area (Å²) >= 11 is 0. The van der Waals surface area contributed by atoms with Crippen LogP contribution in [0.1, 0.15) is 188 Å². The Bertz CT molecular complexity index is 3490. The minimum atomic E-state index is 0.330. The number of pyridine rings is 2. The third-order valence-corrected chi connectivity index (χ3v) is 13.9. The minimum Gasteiger partial charge on any atom is -0.264 e. The molecular weight excluding hydrogens is 1100 g/mol. The van der Waals surface area contributed by atoms with Gasteiger partial charge in [-0.05, 0) is 141 Å². The zero-order valence-corrected chi connectivity index (χ0v) is 59.2. The highest BCUT2D eigenvalue weighted by Crippen LogP contribution is 2.55. The first-order chi connectivity index (χ1) is 44.2. The third kappa shape index (κ3) is 23.1. The molecule has 0 atom stereocenters. The molecule has 0 N–H and O–H groups in total. The van der Waals surface area contributed by atoms with Gasteiger partial charge in [-0.3, -0.25) is 29.9 Å². The van der Waals surface area contributed by atoms with Crippen molar-refractivity contribution >= 4 is 54.6 Å². The summed E-state index contributed by atoms with van der Waals surface area (Å²) in [4.78, 5) is 33.3. The molecule has 0 saturated heterocycles. The molecule has 90 heavy (non-hydrogen) atoms. The number of fused-ring (bicyclic) bond motifs is 10. The molecule has 0 bridgehead atoms. The van der Waals surface area contributed by atoms with Crippen LogP contribution in [-0.4, -0.2) is 39.9 Å². The van der Waals surface area contributed by atoms with E-state index in [0.717, 1.165) is 44.2 Å². The first kappa shape index (κ1) is 79.4.